The first-order valence-electron chi connectivity index (χ1n) is 7.83. The molecular weight excluding hydrogens is 333 g/mol. The molecule has 4 rings (SSSR count). The predicted octanol–water partition coefficient (Wildman–Crippen LogP) is 2.63. The average Bonchev–Trinajstić information content (AvgIpc) is 2.52. The second-order valence-electron chi connectivity index (χ2n) is 6.00. The van der Waals surface area contributed by atoms with E-state index in [1.54, 1.807) is 12.1 Å². The summed E-state index contributed by atoms with van der Waals surface area (Å²) in [7, 11) is 0. The zero-order chi connectivity index (χ0) is 14.8. The van der Waals surface area contributed by atoms with Gasteiger partial charge in [0.05, 0.1) is 6.04 Å². The molecule has 3 saturated heterocycles. The summed E-state index contributed by atoms with van der Waals surface area (Å²) >= 11 is 3.48. The Kier molecular flexibility index (Phi) is 4.94. The van der Waals surface area contributed by atoms with Crippen molar-refractivity contribution in [2.24, 2.45) is 0 Å². The Balaban J connectivity index is 1.88. The van der Waals surface area contributed by atoms with Crippen molar-refractivity contribution in [3.8, 4) is 0 Å². The molecule has 2 unspecified atom stereocenters. The molecule has 1 aromatic rings. The summed E-state index contributed by atoms with van der Waals surface area (Å²) in [5.41, 5.74) is 0.788. The summed E-state index contributed by atoms with van der Waals surface area (Å²) in [5, 5.41) is 3.58. The Bertz CT molecular complexity index is 488. The van der Waals surface area contributed by atoms with Crippen molar-refractivity contribution in [2.75, 3.05) is 39.3 Å². The predicted molar refractivity (Wildman–Crippen MR) is 86.9 cm³/mol. The molecule has 0 aliphatic carbocycles. The van der Waals surface area contributed by atoms with Gasteiger partial charge in [0.15, 0.2) is 0 Å². The van der Waals surface area contributed by atoms with Gasteiger partial charge in [-0.15, -0.1) is 0 Å². The van der Waals surface area contributed by atoms with Crippen LogP contribution >= 0.6 is 15.9 Å². The number of fused-ring (bicyclic) bond motifs is 3. The van der Waals surface area contributed by atoms with Crippen molar-refractivity contribution in [1.82, 2.24) is 15.1 Å². The highest BCUT2D eigenvalue weighted by Gasteiger charge is 2.38. The number of nitrogens with one attached hydrogen (secondary N) is 1. The molecular formula is C16H23BrFN3. The maximum Gasteiger partial charge on any atom is 0.128 e. The second kappa shape index (κ2) is 6.73. The van der Waals surface area contributed by atoms with Gasteiger partial charge in [0.25, 0.3) is 0 Å². The monoisotopic (exact) mass is 355 g/mol. The zero-order valence-corrected chi connectivity index (χ0v) is 14.1. The second-order valence-corrected chi connectivity index (χ2v) is 6.92. The van der Waals surface area contributed by atoms with E-state index in [1.165, 1.54) is 0 Å². The molecule has 0 aromatic heterocycles. The molecule has 0 radical (unpaired) electrons. The Morgan fingerprint density at radius 2 is 2.10 bits per heavy atom. The highest BCUT2D eigenvalue weighted by molar-refractivity contribution is 9.10. The maximum atomic E-state index is 14.4. The number of hydrogen-bond acceptors (Lipinski definition) is 3. The average molecular weight is 356 g/mol. The molecule has 3 aliphatic heterocycles. The Labute approximate surface area is 134 Å². The van der Waals surface area contributed by atoms with E-state index in [1.807, 2.05) is 6.07 Å². The van der Waals surface area contributed by atoms with Gasteiger partial charge < -0.3 is 5.32 Å². The normalized spacial score (nSPS) is 29.6. The number of nitrogens with zero attached hydrogens (tertiary/aromatic N) is 2. The van der Waals surface area contributed by atoms with E-state index < -0.39 is 0 Å². The third kappa shape index (κ3) is 3.31. The number of piperazine rings is 3. The van der Waals surface area contributed by atoms with Gasteiger partial charge in [-0.2, -0.15) is 0 Å². The number of hydrogen-bond donors (Lipinski definition) is 1. The van der Waals surface area contributed by atoms with Gasteiger partial charge in [0.1, 0.15) is 5.82 Å². The molecule has 2 atom stereocenters. The minimum Gasteiger partial charge on any atom is -0.309 e. The first-order valence-corrected chi connectivity index (χ1v) is 8.63. The summed E-state index contributed by atoms with van der Waals surface area (Å²) in [4.78, 5) is 5.02. The number of benzene rings is 1. The van der Waals surface area contributed by atoms with Crippen molar-refractivity contribution in [2.45, 2.75) is 25.4 Å². The highest BCUT2D eigenvalue weighted by Crippen LogP contribution is 2.30. The van der Waals surface area contributed by atoms with E-state index >= 15 is 0 Å². The van der Waals surface area contributed by atoms with Crippen LogP contribution in [0.2, 0.25) is 0 Å². The van der Waals surface area contributed by atoms with Crippen molar-refractivity contribution < 1.29 is 4.39 Å². The Hall–Kier alpha value is -0.490. The van der Waals surface area contributed by atoms with E-state index in [4.69, 9.17) is 0 Å². The first-order chi connectivity index (χ1) is 10.2. The van der Waals surface area contributed by atoms with Crippen molar-refractivity contribution in [1.29, 1.82) is 0 Å². The summed E-state index contributed by atoms with van der Waals surface area (Å²) < 4.78 is 15.3. The van der Waals surface area contributed by atoms with Gasteiger partial charge in [-0.1, -0.05) is 22.9 Å². The van der Waals surface area contributed by atoms with Crippen molar-refractivity contribution >= 4 is 15.9 Å². The van der Waals surface area contributed by atoms with Crippen LogP contribution in [-0.2, 0) is 0 Å². The molecule has 21 heavy (non-hydrogen) atoms. The minimum absolute atomic E-state index is 0.0607. The van der Waals surface area contributed by atoms with Crippen LogP contribution in [0.3, 0.4) is 0 Å². The lowest BCUT2D eigenvalue weighted by Crippen LogP contribution is -2.64. The van der Waals surface area contributed by atoms with Crippen LogP contribution in [0.5, 0.6) is 0 Å². The molecule has 1 aromatic carbocycles. The summed E-state index contributed by atoms with van der Waals surface area (Å²) in [6, 6.07) is 5.69. The van der Waals surface area contributed by atoms with Crippen LogP contribution in [0.4, 0.5) is 4.39 Å². The maximum absolute atomic E-state index is 14.4. The number of rotatable bonds is 5. The molecule has 3 nitrogen and oxygen atoms in total. The standard InChI is InChI=1S/C16H23BrFN3/c1-2-5-19-16(13-10-12(17)3-4-14(13)18)15-11-20-6-8-21(15)9-7-20/h3-4,10,15-16,19H,2,5-9,11H2,1H3. The van der Waals surface area contributed by atoms with Crippen LogP contribution in [0.15, 0.2) is 22.7 Å². The summed E-state index contributed by atoms with van der Waals surface area (Å²) in [5.74, 6) is -0.107. The number of halogens is 2. The first kappa shape index (κ1) is 15.4. The smallest absolute Gasteiger partial charge is 0.128 e. The van der Waals surface area contributed by atoms with Crippen LogP contribution in [0, 0.1) is 5.82 Å². The molecule has 3 fully saturated rings. The molecule has 0 saturated carbocycles. The van der Waals surface area contributed by atoms with Crippen molar-refractivity contribution in [3.63, 3.8) is 0 Å². The quantitative estimate of drug-likeness (QED) is 0.875. The van der Waals surface area contributed by atoms with Crippen LogP contribution in [0.1, 0.15) is 24.9 Å². The fourth-order valence-corrected chi connectivity index (χ4v) is 3.86. The lowest BCUT2D eigenvalue weighted by Gasteiger charge is -2.50. The van der Waals surface area contributed by atoms with Gasteiger partial charge in [-0.25, -0.2) is 4.39 Å². The third-order valence-corrected chi connectivity index (χ3v) is 5.11. The molecule has 5 heteroatoms. The van der Waals surface area contributed by atoms with Gasteiger partial charge in [0.2, 0.25) is 0 Å². The minimum atomic E-state index is -0.107. The van der Waals surface area contributed by atoms with Crippen LogP contribution in [-0.4, -0.2) is 55.1 Å². The third-order valence-electron chi connectivity index (χ3n) is 4.61. The molecule has 3 heterocycles. The highest BCUT2D eigenvalue weighted by atomic mass is 79.9. The molecule has 1 N–H and O–H groups in total. The topological polar surface area (TPSA) is 18.5 Å². The summed E-state index contributed by atoms with van der Waals surface area (Å²) in [6.07, 6.45) is 1.06. The Morgan fingerprint density at radius 1 is 1.33 bits per heavy atom. The fourth-order valence-electron chi connectivity index (χ4n) is 3.48. The molecule has 0 spiro atoms. The molecule has 0 amide bonds. The van der Waals surface area contributed by atoms with Gasteiger partial charge >= 0.3 is 0 Å². The largest absolute Gasteiger partial charge is 0.309 e. The van der Waals surface area contributed by atoms with E-state index in [-0.39, 0.29) is 11.9 Å². The molecule has 116 valence electrons. The van der Waals surface area contributed by atoms with E-state index in [9.17, 15) is 4.39 Å². The lowest BCUT2D eigenvalue weighted by atomic mass is 9.93. The van der Waals surface area contributed by atoms with E-state index in [0.29, 0.717) is 6.04 Å². The Morgan fingerprint density at radius 3 is 2.71 bits per heavy atom. The van der Waals surface area contributed by atoms with Crippen LogP contribution in [0.25, 0.3) is 0 Å². The van der Waals surface area contributed by atoms with Crippen molar-refractivity contribution in [3.05, 3.63) is 34.1 Å². The van der Waals surface area contributed by atoms with Crippen LogP contribution < -0.4 is 5.32 Å². The van der Waals surface area contributed by atoms with E-state index in [0.717, 1.165) is 55.7 Å². The zero-order valence-electron chi connectivity index (χ0n) is 12.5. The van der Waals surface area contributed by atoms with Gasteiger partial charge in [-0.3, -0.25) is 9.80 Å². The SMILES string of the molecule is CCCNC(c1cc(Br)ccc1F)C1CN2CCN1CC2. The fraction of sp³-hybridized carbons (Fsp3) is 0.625. The van der Waals surface area contributed by atoms with Gasteiger partial charge in [-0.05, 0) is 31.2 Å². The van der Waals surface area contributed by atoms with E-state index in [2.05, 4.69) is 38.0 Å². The lowest BCUT2D eigenvalue weighted by molar-refractivity contribution is -0.00415. The molecule has 3 aliphatic rings. The summed E-state index contributed by atoms with van der Waals surface area (Å²) in [6.45, 7) is 8.61. The van der Waals surface area contributed by atoms with Gasteiger partial charge in [0, 0.05) is 48.8 Å². The molecule has 2 bridgehead atoms.